The summed E-state index contributed by atoms with van der Waals surface area (Å²) in [5.74, 6) is -0.280. The van der Waals surface area contributed by atoms with Crippen LogP contribution >= 0.6 is 11.6 Å². The fourth-order valence-corrected chi connectivity index (χ4v) is 3.70. The van der Waals surface area contributed by atoms with E-state index in [-0.39, 0.29) is 36.7 Å². The molecule has 0 aliphatic carbocycles. The molecule has 0 bridgehead atoms. The van der Waals surface area contributed by atoms with Gasteiger partial charge in [0.2, 0.25) is 15.9 Å². The first-order valence-corrected chi connectivity index (χ1v) is 10.6. The van der Waals surface area contributed by atoms with Crippen LogP contribution in [0.3, 0.4) is 0 Å². The summed E-state index contributed by atoms with van der Waals surface area (Å²) in [6, 6.07) is 10.5. The van der Waals surface area contributed by atoms with Gasteiger partial charge in [-0.2, -0.15) is 0 Å². The fourth-order valence-electron chi connectivity index (χ4n) is 2.57. The molecule has 0 aliphatic heterocycles. The van der Waals surface area contributed by atoms with E-state index in [0.717, 1.165) is 16.1 Å². The number of amides is 1. The van der Waals surface area contributed by atoms with Crippen molar-refractivity contribution in [3.63, 3.8) is 0 Å². The van der Waals surface area contributed by atoms with Crippen LogP contribution in [0.15, 0.2) is 42.5 Å². The predicted molar refractivity (Wildman–Crippen MR) is 109 cm³/mol. The molecular weight excluding hydrogens is 406 g/mol. The van der Waals surface area contributed by atoms with Gasteiger partial charge < -0.3 is 5.32 Å². The molecule has 0 radical (unpaired) electrons. The normalized spacial score (nSPS) is 11.1. The maximum atomic E-state index is 12.2. The van der Waals surface area contributed by atoms with Crippen LogP contribution in [0.1, 0.15) is 18.4 Å². The Hall–Kier alpha value is -2.65. The van der Waals surface area contributed by atoms with Crippen LogP contribution in [0.2, 0.25) is 5.02 Å². The standard InChI is InChI=1S/C18H20ClN3O5S/c1-13-8-9-14(19)11-17(13)20-18(23)7-4-10-21(28(2,26)27)15-5-3-6-16(12-15)22(24)25/h3,5-6,8-9,11-12H,4,7,10H2,1-2H3,(H,20,23). The third kappa shape index (κ3) is 5.93. The molecule has 0 aromatic heterocycles. The molecule has 0 spiro atoms. The summed E-state index contributed by atoms with van der Waals surface area (Å²) >= 11 is 5.93. The first-order chi connectivity index (χ1) is 13.1. The van der Waals surface area contributed by atoms with Crippen LogP contribution in [0, 0.1) is 17.0 Å². The zero-order valence-electron chi connectivity index (χ0n) is 15.4. The quantitative estimate of drug-likeness (QED) is 0.511. The second-order valence-electron chi connectivity index (χ2n) is 6.22. The van der Waals surface area contributed by atoms with E-state index < -0.39 is 14.9 Å². The van der Waals surface area contributed by atoms with E-state index in [9.17, 15) is 23.3 Å². The van der Waals surface area contributed by atoms with E-state index in [1.54, 1.807) is 18.2 Å². The zero-order valence-corrected chi connectivity index (χ0v) is 17.0. The highest BCUT2D eigenvalue weighted by molar-refractivity contribution is 7.92. The van der Waals surface area contributed by atoms with Crippen molar-refractivity contribution in [1.29, 1.82) is 0 Å². The minimum absolute atomic E-state index is 0.0158. The molecule has 2 aromatic rings. The number of nitro benzene ring substituents is 1. The van der Waals surface area contributed by atoms with Gasteiger partial charge in [-0.05, 0) is 37.1 Å². The number of hydrogen-bond acceptors (Lipinski definition) is 5. The highest BCUT2D eigenvalue weighted by Gasteiger charge is 2.20. The molecule has 1 amide bonds. The molecule has 1 N–H and O–H groups in total. The third-order valence-electron chi connectivity index (χ3n) is 3.97. The summed E-state index contributed by atoms with van der Waals surface area (Å²) in [7, 11) is -3.67. The number of benzene rings is 2. The Morgan fingerprint density at radius 1 is 1.25 bits per heavy atom. The molecule has 8 nitrogen and oxygen atoms in total. The lowest BCUT2D eigenvalue weighted by atomic mass is 10.2. The van der Waals surface area contributed by atoms with Gasteiger partial charge in [0, 0.05) is 35.8 Å². The van der Waals surface area contributed by atoms with Crippen LogP contribution in [0.25, 0.3) is 0 Å². The number of hydrogen-bond donors (Lipinski definition) is 1. The van der Waals surface area contributed by atoms with Crippen molar-refractivity contribution in [1.82, 2.24) is 0 Å². The van der Waals surface area contributed by atoms with Crippen LogP contribution < -0.4 is 9.62 Å². The average Bonchev–Trinajstić information content (AvgIpc) is 2.61. The lowest BCUT2D eigenvalue weighted by molar-refractivity contribution is -0.384. The molecule has 2 rings (SSSR count). The number of carbonyl (C=O) groups is 1. The average molecular weight is 426 g/mol. The van der Waals surface area contributed by atoms with Crippen LogP contribution in [-0.2, 0) is 14.8 Å². The van der Waals surface area contributed by atoms with Crippen LogP contribution in [-0.4, -0.2) is 32.0 Å². The number of halogens is 1. The van der Waals surface area contributed by atoms with Gasteiger partial charge in [0.15, 0.2) is 0 Å². The number of nitrogens with zero attached hydrogens (tertiary/aromatic N) is 2. The summed E-state index contributed by atoms with van der Waals surface area (Å²) in [6.07, 6.45) is 1.33. The van der Waals surface area contributed by atoms with Gasteiger partial charge in [-0.1, -0.05) is 23.7 Å². The van der Waals surface area contributed by atoms with Gasteiger partial charge in [-0.15, -0.1) is 0 Å². The Labute approximate surface area is 168 Å². The summed E-state index contributed by atoms with van der Waals surface area (Å²) < 4.78 is 25.3. The Kier molecular flexibility index (Phi) is 6.98. The lowest BCUT2D eigenvalue weighted by Gasteiger charge is -2.22. The fraction of sp³-hybridized carbons (Fsp3) is 0.278. The number of non-ortho nitro benzene ring substituents is 1. The summed E-state index contributed by atoms with van der Waals surface area (Å²) in [5, 5.41) is 14.2. The van der Waals surface area contributed by atoms with Gasteiger partial charge in [0.1, 0.15) is 0 Å². The Morgan fingerprint density at radius 3 is 2.61 bits per heavy atom. The third-order valence-corrected chi connectivity index (χ3v) is 5.40. The number of nitrogens with one attached hydrogen (secondary N) is 1. The smallest absolute Gasteiger partial charge is 0.271 e. The molecule has 0 unspecified atom stereocenters. The second kappa shape index (κ2) is 9.03. The lowest BCUT2D eigenvalue weighted by Crippen LogP contribution is -2.31. The van der Waals surface area contributed by atoms with Crippen LogP contribution in [0.5, 0.6) is 0 Å². The molecule has 0 saturated heterocycles. The highest BCUT2D eigenvalue weighted by atomic mass is 35.5. The van der Waals surface area contributed by atoms with Crippen molar-refractivity contribution in [2.24, 2.45) is 0 Å². The molecule has 0 heterocycles. The first kappa shape index (κ1) is 21.6. The van der Waals surface area contributed by atoms with Crippen molar-refractivity contribution in [2.75, 3.05) is 22.4 Å². The number of anilines is 2. The largest absolute Gasteiger partial charge is 0.326 e. The number of aryl methyl sites for hydroxylation is 1. The van der Waals surface area contributed by atoms with Gasteiger partial charge in [0.05, 0.1) is 16.9 Å². The van der Waals surface area contributed by atoms with Crippen molar-refractivity contribution >= 4 is 44.6 Å². The van der Waals surface area contributed by atoms with Gasteiger partial charge in [-0.25, -0.2) is 8.42 Å². The van der Waals surface area contributed by atoms with E-state index in [0.29, 0.717) is 10.7 Å². The first-order valence-electron chi connectivity index (χ1n) is 8.36. The summed E-state index contributed by atoms with van der Waals surface area (Å²) in [5.41, 5.74) is 1.42. The van der Waals surface area contributed by atoms with Gasteiger partial charge in [0.25, 0.3) is 5.69 Å². The Bertz CT molecular complexity index is 994. The molecule has 2 aromatic carbocycles. The molecule has 0 atom stereocenters. The van der Waals surface area contributed by atoms with E-state index in [4.69, 9.17) is 11.6 Å². The SMILES string of the molecule is Cc1ccc(Cl)cc1NC(=O)CCCN(c1cccc([N+](=O)[O-])c1)S(C)(=O)=O. The molecule has 0 saturated carbocycles. The highest BCUT2D eigenvalue weighted by Crippen LogP contribution is 2.24. The van der Waals surface area contributed by atoms with Crippen molar-refractivity contribution in [2.45, 2.75) is 19.8 Å². The van der Waals surface area contributed by atoms with E-state index >= 15 is 0 Å². The van der Waals surface area contributed by atoms with Gasteiger partial charge in [-0.3, -0.25) is 19.2 Å². The van der Waals surface area contributed by atoms with Gasteiger partial charge >= 0.3 is 0 Å². The Balaban J connectivity index is 2.05. The molecule has 10 heteroatoms. The number of sulfonamides is 1. The maximum Gasteiger partial charge on any atom is 0.271 e. The minimum atomic E-state index is -3.67. The van der Waals surface area contributed by atoms with E-state index in [1.807, 2.05) is 6.92 Å². The summed E-state index contributed by atoms with van der Waals surface area (Å²) in [6.45, 7) is 1.85. The molecule has 28 heavy (non-hydrogen) atoms. The zero-order chi connectivity index (χ0) is 20.9. The van der Waals surface area contributed by atoms with Crippen LogP contribution in [0.4, 0.5) is 17.1 Å². The van der Waals surface area contributed by atoms with Crippen molar-refractivity contribution in [3.8, 4) is 0 Å². The molecule has 0 aliphatic rings. The second-order valence-corrected chi connectivity index (χ2v) is 8.57. The van der Waals surface area contributed by atoms with E-state index in [1.165, 1.54) is 24.3 Å². The maximum absolute atomic E-state index is 12.2. The monoisotopic (exact) mass is 425 g/mol. The minimum Gasteiger partial charge on any atom is -0.326 e. The predicted octanol–water partition coefficient (Wildman–Crippen LogP) is 3.74. The molecule has 0 fully saturated rings. The Morgan fingerprint density at radius 2 is 1.96 bits per heavy atom. The van der Waals surface area contributed by atoms with Crippen molar-refractivity contribution in [3.05, 3.63) is 63.2 Å². The van der Waals surface area contributed by atoms with Crippen molar-refractivity contribution < 1.29 is 18.1 Å². The number of rotatable bonds is 8. The number of carbonyl (C=O) groups excluding carboxylic acids is 1. The molecule has 150 valence electrons. The topological polar surface area (TPSA) is 110 Å². The number of nitro groups is 1. The summed E-state index contributed by atoms with van der Waals surface area (Å²) in [4.78, 5) is 22.5. The molecular formula is C18H20ClN3O5S. The van der Waals surface area contributed by atoms with E-state index in [2.05, 4.69) is 5.32 Å².